The standard InChI is InChI=1S/C18H19N9O/c1-24(11-14-10-19-25(2)12-14)18(28)16-8-9-26(21-16)13-27-22-17(20-23-27)15-6-4-3-5-7-15/h3-10,12H,11,13H2,1-2H3. The Labute approximate surface area is 161 Å². The van der Waals surface area contributed by atoms with Gasteiger partial charge in [-0.15, -0.1) is 15.0 Å². The lowest BCUT2D eigenvalue weighted by Crippen LogP contribution is -2.26. The molecule has 0 aliphatic heterocycles. The minimum atomic E-state index is -0.167. The zero-order valence-corrected chi connectivity index (χ0v) is 15.5. The molecule has 0 unspecified atom stereocenters. The van der Waals surface area contributed by atoms with Crippen molar-refractivity contribution in [2.75, 3.05) is 7.05 Å². The fourth-order valence-corrected chi connectivity index (χ4v) is 2.78. The minimum absolute atomic E-state index is 0.167. The lowest BCUT2D eigenvalue weighted by molar-refractivity contribution is 0.0778. The molecule has 10 heteroatoms. The number of rotatable bonds is 6. The smallest absolute Gasteiger partial charge is 0.274 e. The number of amides is 1. The van der Waals surface area contributed by atoms with E-state index in [-0.39, 0.29) is 12.6 Å². The SMILES string of the molecule is CN(Cc1cnn(C)c1)C(=O)c1ccn(Cn2nnc(-c3ccccc3)n2)n1. The first-order valence-corrected chi connectivity index (χ1v) is 8.68. The summed E-state index contributed by atoms with van der Waals surface area (Å²) in [5.41, 5.74) is 2.20. The highest BCUT2D eigenvalue weighted by Gasteiger charge is 2.16. The number of aromatic nitrogens is 8. The largest absolute Gasteiger partial charge is 0.336 e. The fraction of sp³-hybridized carbons (Fsp3) is 0.222. The molecule has 28 heavy (non-hydrogen) atoms. The summed E-state index contributed by atoms with van der Waals surface area (Å²) in [4.78, 5) is 15.6. The summed E-state index contributed by atoms with van der Waals surface area (Å²) < 4.78 is 3.30. The molecule has 0 aliphatic rings. The molecule has 0 radical (unpaired) electrons. The van der Waals surface area contributed by atoms with Gasteiger partial charge in [-0.25, -0.2) is 4.68 Å². The second-order valence-electron chi connectivity index (χ2n) is 6.42. The maximum absolute atomic E-state index is 12.6. The van der Waals surface area contributed by atoms with Crippen molar-refractivity contribution in [3.63, 3.8) is 0 Å². The second kappa shape index (κ2) is 7.43. The van der Waals surface area contributed by atoms with Gasteiger partial charge in [0.1, 0.15) is 5.69 Å². The lowest BCUT2D eigenvalue weighted by Gasteiger charge is -2.14. The molecule has 0 fully saturated rings. The molecule has 3 heterocycles. The summed E-state index contributed by atoms with van der Waals surface area (Å²) in [6.45, 7) is 0.726. The number of hydrogen-bond donors (Lipinski definition) is 0. The van der Waals surface area contributed by atoms with E-state index in [0.717, 1.165) is 11.1 Å². The monoisotopic (exact) mass is 377 g/mol. The van der Waals surface area contributed by atoms with Crippen LogP contribution in [0.2, 0.25) is 0 Å². The maximum atomic E-state index is 12.6. The number of benzene rings is 1. The Bertz CT molecular complexity index is 1080. The van der Waals surface area contributed by atoms with E-state index in [1.165, 1.54) is 4.80 Å². The molecule has 0 spiro atoms. The summed E-state index contributed by atoms with van der Waals surface area (Å²) in [5, 5.41) is 20.9. The van der Waals surface area contributed by atoms with Crippen LogP contribution in [-0.4, -0.2) is 57.6 Å². The number of nitrogens with zero attached hydrogens (tertiary/aromatic N) is 9. The molecule has 3 aromatic heterocycles. The van der Waals surface area contributed by atoms with Gasteiger partial charge in [0.25, 0.3) is 5.91 Å². The van der Waals surface area contributed by atoms with Crippen molar-refractivity contribution >= 4 is 5.91 Å². The summed E-state index contributed by atoms with van der Waals surface area (Å²) in [6, 6.07) is 11.3. The van der Waals surface area contributed by atoms with Gasteiger partial charge in [0.2, 0.25) is 5.82 Å². The van der Waals surface area contributed by atoms with E-state index in [2.05, 4.69) is 25.6 Å². The highest BCUT2D eigenvalue weighted by molar-refractivity contribution is 5.91. The highest BCUT2D eigenvalue weighted by atomic mass is 16.2. The zero-order valence-electron chi connectivity index (χ0n) is 15.5. The number of carbonyl (C=O) groups is 1. The third-order valence-corrected chi connectivity index (χ3v) is 4.14. The van der Waals surface area contributed by atoms with Crippen LogP contribution < -0.4 is 0 Å². The maximum Gasteiger partial charge on any atom is 0.274 e. The van der Waals surface area contributed by atoms with Crippen LogP contribution in [0, 0.1) is 0 Å². The van der Waals surface area contributed by atoms with Gasteiger partial charge in [0.05, 0.1) is 6.20 Å². The van der Waals surface area contributed by atoms with Crippen molar-refractivity contribution in [3.8, 4) is 11.4 Å². The van der Waals surface area contributed by atoms with Crippen molar-refractivity contribution < 1.29 is 4.79 Å². The molecule has 1 aromatic carbocycles. The topological polar surface area (TPSA) is 99.6 Å². The van der Waals surface area contributed by atoms with Crippen LogP contribution >= 0.6 is 0 Å². The Hall–Kier alpha value is -3.82. The third kappa shape index (κ3) is 3.80. The molecule has 0 bridgehead atoms. The molecule has 10 nitrogen and oxygen atoms in total. The van der Waals surface area contributed by atoms with Crippen LogP contribution in [0.5, 0.6) is 0 Å². The van der Waals surface area contributed by atoms with Gasteiger partial charge < -0.3 is 4.90 Å². The van der Waals surface area contributed by atoms with Gasteiger partial charge in [0.15, 0.2) is 6.67 Å². The highest BCUT2D eigenvalue weighted by Crippen LogP contribution is 2.12. The number of hydrogen-bond acceptors (Lipinski definition) is 6. The van der Waals surface area contributed by atoms with Crippen LogP contribution in [0.1, 0.15) is 16.1 Å². The molecule has 4 rings (SSSR count). The summed E-state index contributed by atoms with van der Waals surface area (Å²) in [7, 11) is 3.58. The van der Waals surface area contributed by atoms with E-state index in [9.17, 15) is 4.79 Å². The molecule has 0 aliphatic carbocycles. The average Bonchev–Trinajstić information content (AvgIpc) is 3.44. The fourth-order valence-electron chi connectivity index (χ4n) is 2.78. The van der Waals surface area contributed by atoms with Crippen LogP contribution in [0.4, 0.5) is 0 Å². The third-order valence-electron chi connectivity index (χ3n) is 4.14. The lowest BCUT2D eigenvalue weighted by atomic mass is 10.2. The van der Waals surface area contributed by atoms with E-state index in [1.54, 1.807) is 39.8 Å². The van der Waals surface area contributed by atoms with Crippen LogP contribution in [-0.2, 0) is 20.3 Å². The molecular formula is C18H19N9O. The predicted molar refractivity (Wildman–Crippen MR) is 99.9 cm³/mol. The Kier molecular flexibility index (Phi) is 4.67. The molecular weight excluding hydrogens is 358 g/mol. The first-order chi connectivity index (χ1) is 13.6. The second-order valence-corrected chi connectivity index (χ2v) is 6.42. The molecule has 0 atom stereocenters. The Morgan fingerprint density at radius 3 is 2.71 bits per heavy atom. The zero-order chi connectivity index (χ0) is 19.5. The Balaban J connectivity index is 1.41. The molecule has 0 N–H and O–H groups in total. The van der Waals surface area contributed by atoms with Crippen LogP contribution in [0.15, 0.2) is 55.0 Å². The Morgan fingerprint density at radius 1 is 1.14 bits per heavy atom. The van der Waals surface area contributed by atoms with Crippen LogP contribution in [0.3, 0.4) is 0 Å². The van der Waals surface area contributed by atoms with E-state index in [4.69, 9.17) is 0 Å². The van der Waals surface area contributed by atoms with Gasteiger partial charge >= 0.3 is 0 Å². The molecule has 0 saturated carbocycles. The first kappa shape index (κ1) is 17.6. The number of tetrazole rings is 1. The van der Waals surface area contributed by atoms with E-state index < -0.39 is 0 Å². The van der Waals surface area contributed by atoms with Gasteiger partial charge in [-0.1, -0.05) is 30.3 Å². The summed E-state index contributed by atoms with van der Waals surface area (Å²) in [5.74, 6) is 0.374. The van der Waals surface area contributed by atoms with Crippen molar-refractivity contribution in [1.82, 2.24) is 44.7 Å². The average molecular weight is 377 g/mol. The van der Waals surface area contributed by atoms with E-state index >= 15 is 0 Å². The van der Waals surface area contributed by atoms with Crippen LogP contribution in [0.25, 0.3) is 11.4 Å². The van der Waals surface area contributed by atoms with Crippen molar-refractivity contribution in [2.45, 2.75) is 13.2 Å². The van der Waals surface area contributed by atoms with Crippen molar-refractivity contribution in [2.24, 2.45) is 7.05 Å². The van der Waals surface area contributed by atoms with E-state index in [0.29, 0.717) is 18.1 Å². The van der Waals surface area contributed by atoms with Crippen molar-refractivity contribution in [3.05, 3.63) is 66.2 Å². The quantitative estimate of drug-likeness (QED) is 0.498. The van der Waals surface area contributed by atoms with Gasteiger partial charge in [-0.3, -0.25) is 9.48 Å². The summed E-state index contributed by atoms with van der Waals surface area (Å²) in [6.07, 6.45) is 5.34. The first-order valence-electron chi connectivity index (χ1n) is 8.68. The predicted octanol–water partition coefficient (Wildman–Crippen LogP) is 1.05. The van der Waals surface area contributed by atoms with Gasteiger partial charge in [-0.05, 0) is 11.3 Å². The number of aryl methyl sites for hydroxylation is 1. The van der Waals surface area contributed by atoms with E-state index in [1.807, 2.05) is 43.6 Å². The molecule has 4 aromatic rings. The minimum Gasteiger partial charge on any atom is -0.336 e. The molecule has 0 saturated heterocycles. The number of carbonyl (C=O) groups excluding carboxylic acids is 1. The van der Waals surface area contributed by atoms with Gasteiger partial charge in [-0.2, -0.15) is 10.2 Å². The van der Waals surface area contributed by atoms with Crippen molar-refractivity contribution in [1.29, 1.82) is 0 Å². The Morgan fingerprint density at radius 2 is 1.96 bits per heavy atom. The normalized spacial score (nSPS) is 10.9. The molecule has 142 valence electrons. The summed E-state index contributed by atoms with van der Waals surface area (Å²) >= 11 is 0. The molecule has 1 amide bonds. The van der Waals surface area contributed by atoms with Gasteiger partial charge in [0, 0.05) is 44.2 Å².